The van der Waals surface area contributed by atoms with Crippen molar-refractivity contribution in [3.05, 3.63) is 49.2 Å². The van der Waals surface area contributed by atoms with Crippen molar-refractivity contribution in [1.82, 2.24) is 10.1 Å². The minimum atomic E-state index is 0.749. The Hall–Kier alpha value is -1.84. The molecule has 0 aromatic heterocycles. The molecule has 0 aromatic rings. The van der Waals surface area contributed by atoms with Crippen LogP contribution in [0.2, 0.25) is 0 Å². The largest absolute Gasteiger partial charge is 0.388 e. The van der Waals surface area contributed by atoms with Gasteiger partial charge in [-0.25, -0.2) is 10.1 Å². The predicted octanol–water partition coefficient (Wildman–Crippen LogP) is 1.54. The molecule has 0 aromatic carbocycles. The fraction of sp³-hybridized carbons (Fsp3) is 0.200. The van der Waals surface area contributed by atoms with Crippen LogP contribution in [-0.4, -0.2) is 23.2 Å². The van der Waals surface area contributed by atoms with Crippen molar-refractivity contribution in [2.45, 2.75) is 0 Å². The molecule has 0 spiro atoms. The number of nitrogens with zero attached hydrogens (tertiary/aromatic N) is 2. The molecule has 0 saturated carbocycles. The van der Waals surface area contributed by atoms with E-state index in [-0.39, 0.29) is 0 Å². The van der Waals surface area contributed by atoms with Gasteiger partial charge < -0.3 is 9.68 Å². The molecule has 14 heavy (non-hydrogen) atoms. The summed E-state index contributed by atoms with van der Waals surface area (Å²) >= 11 is 0. The minimum Gasteiger partial charge on any atom is -0.388 e. The van der Waals surface area contributed by atoms with E-state index in [2.05, 4.69) is 0 Å². The maximum absolute atomic E-state index is 5.21. The molecule has 0 N–H and O–H groups in total. The van der Waals surface area contributed by atoms with Gasteiger partial charge in [0.05, 0.1) is 13.1 Å². The van der Waals surface area contributed by atoms with Crippen molar-refractivity contribution in [3.8, 4) is 0 Å². The number of allylic oxidation sites excluding steroid dienone is 4. The highest BCUT2D eigenvalue weighted by Gasteiger charge is 2.05. The summed E-state index contributed by atoms with van der Waals surface area (Å²) in [6.07, 6.45) is 14.6. The van der Waals surface area contributed by atoms with Gasteiger partial charge in [-0.15, -0.1) is 0 Å². The Morgan fingerprint density at radius 1 is 0.714 bits per heavy atom. The van der Waals surface area contributed by atoms with E-state index in [1.54, 1.807) is 22.7 Å². The lowest BCUT2D eigenvalue weighted by molar-refractivity contribution is -0.104. The zero-order chi connectivity index (χ0) is 9.64. The molecule has 0 atom stereocenters. The first-order valence-corrected chi connectivity index (χ1v) is 4.49. The van der Waals surface area contributed by atoms with Gasteiger partial charge in [-0.2, -0.15) is 0 Å². The molecule has 0 amide bonds. The summed E-state index contributed by atoms with van der Waals surface area (Å²) in [6.45, 7) is 1.50. The Balaban J connectivity index is 1.72. The molecule has 0 saturated heterocycles. The van der Waals surface area contributed by atoms with Gasteiger partial charge in [-0.05, 0) is 24.3 Å². The number of hydroxylamine groups is 4. The van der Waals surface area contributed by atoms with Crippen molar-refractivity contribution in [2.75, 3.05) is 13.1 Å². The second-order valence-electron chi connectivity index (χ2n) is 2.83. The molecular weight excluding hydrogens is 180 g/mol. The summed E-state index contributed by atoms with van der Waals surface area (Å²) < 4.78 is 0. The predicted molar refractivity (Wildman–Crippen MR) is 52.1 cm³/mol. The maximum atomic E-state index is 5.21. The standard InChI is InChI=1S/C10H12N2O2/c1-3-9-13-11(5-1)7-8-12-6-2-4-10-14-12/h1-6,9-10H,7-8H2. The molecule has 0 radical (unpaired) electrons. The van der Waals surface area contributed by atoms with Crippen LogP contribution in [0.5, 0.6) is 0 Å². The van der Waals surface area contributed by atoms with Crippen LogP contribution in [0.15, 0.2) is 49.2 Å². The highest BCUT2D eigenvalue weighted by Crippen LogP contribution is 2.03. The zero-order valence-corrected chi connectivity index (χ0v) is 7.74. The Morgan fingerprint density at radius 3 is 1.57 bits per heavy atom. The first-order chi connectivity index (χ1) is 6.95. The lowest BCUT2D eigenvalue weighted by Gasteiger charge is -2.25. The minimum absolute atomic E-state index is 0.749. The maximum Gasteiger partial charge on any atom is 0.119 e. The van der Waals surface area contributed by atoms with Crippen LogP contribution < -0.4 is 0 Å². The van der Waals surface area contributed by atoms with E-state index in [1.807, 2.05) is 36.7 Å². The third kappa shape index (κ3) is 2.32. The lowest BCUT2D eigenvalue weighted by Crippen LogP contribution is -2.29. The molecule has 0 fully saturated rings. The van der Waals surface area contributed by atoms with Gasteiger partial charge in [0.25, 0.3) is 0 Å². The summed E-state index contributed by atoms with van der Waals surface area (Å²) in [5, 5.41) is 3.49. The van der Waals surface area contributed by atoms with Gasteiger partial charge in [0.15, 0.2) is 0 Å². The first kappa shape index (κ1) is 8.74. The molecular formula is C10H12N2O2. The quantitative estimate of drug-likeness (QED) is 0.677. The van der Waals surface area contributed by atoms with Crippen molar-refractivity contribution in [2.24, 2.45) is 0 Å². The van der Waals surface area contributed by atoms with Gasteiger partial charge in [0.1, 0.15) is 12.5 Å². The second kappa shape index (κ2) is 4.41. The Morgan fingerprint density at radius 2 is 1.21 bits per heavy atom. The van der Waals surface area contributed by atoms with Crippen molar-refractivity contribution >= 4 is 0 Å². The highest BCUT2D eigenvalue weighted by molar-refractivity contribution is 5.02. The van der Waals surface area contributed by atoms with Gasteiger partial charge >= 0.3 is 0 Å². The van der Waals surface area contributed by atoms with Gasteiger partial charge in [-0.3, -0.25) is 0 Å². The fourth-order valence-corrected chi connectivity index (χ4v) is 1.13. The Kier molecular flexibility index (Phi) is 2.76. The summed E-state index contributed by atoms with van der Waals surface area (Å²) in [7, 11) is 0. The molecule has 2 aliphatic rings. The van der Waals surface area contributed by atoms with E-state index in [1.165, 1.54) is 0 Å². The number of rotatable bonds is 3. The molecule has 0 bridgehead atoms. The van der Waals surface area contributed by atoms with E-state index >= 15 is 0 Å². The molecule has 74 valence electrons. The van der Waals surface area contributed by atoms with Crippen molar-refractivity contribution in [3.63, 3.8) is 0 Å². The second-order valence-corrected chi connectivity index (χ2v) is 2.83. The van der Waals surface area contributed by atoms with Crippen LogP contribution in [-0.2, 0) is 9.68 Å². The Bertz CT molecular complexity index is 264. The normalized spacial score (nSPS) is 18.3. The van der Waals surface area contributed by atoms with Gasteiger partial charge in [0, 0.05) is 12.4 Å². The zero-order valence-electron chi connectivity index (χ0n) is 7.74. The van der Waals surface area contributed by atoms with Crippen LogP contribution in [0, 0.1) is 0 Å². The molecule has 2 heterocycles. The molecule has 0 aliphatic carbocycles. The Labute approximate surface area is 82.9 Å². The molecule has 4 nitrogen and oxygen atoms in total. The summed E-state index contributed by atoms with van der Waals surface area (Å²) in [5.74, 6) is 0. The third-order valence-corrected chi connectivity index (χ3v) is 1.82. The van der Waals surface area contributed by atoms with Gasteiger partial charge in [0.2, 0.25) is 0 Å². The molecule has 4 heteroatoms. The summed E-state index contributed by atoms with van der Waals surface area (Å²) in [5.41, 5.74) is 0. The van der Waals surface area contributed by atoms with E-state index < -0.39 is 0 Å². The fourth-order valence-electron chi connectivity index (χ4n) is 1.13. The van der Waals surface area contributed by atoms with Crippen LogP contribution >= 0.6 is 0 Å². The van der Waals surface area contributed by atoms with Crippen LogP contribution in [0.4, 0.5) is 0 Å². The monoisotopic (exact) mass is 192 g/mol. The number of hydrogen-bond acceptors (Lipinski definition) is 4. The van der Waals surface area contributed by atoms with E-state index in [0.717, 1.165) is 13.1 Å². The first-order valence-electron chi connectivity index (χ1n) is 4.49. The third-order valence-electron chi connectivity index (χ3n) is 1.82. The van der Waals surface area contributed by atoms with Crippen molar-refractivity contribution in [1.29, 1.82) is 0 Å². The smallest absolute Gasteiger partial charge is 0.119 e. The number of hydrogen-bond donors (Lipinski definition) is 0. The van der Waals surface area contributed by atoms with E-state index in [9.17, 15) is 0 Å². The summed E-state index contributed by atoms with van der Waals surface area (Å²) in [6, 6.07) is 0. The SMILES string of the molecule is C1=CON(CCN2C=CC=CO2)C=C1. The van der Waals surface area contributed by atoms with Crippen LogP contribution in [0.3, 0.4) is 0 Å². The van der Waals surface area contributed by atoms with Crippen molar-refractivity contribution < 1.29 is 9.68 Å². The summed E-state index contributed by atoms with van der Waals surface area (Å²) in [4.78, 5) is 10.4. The lowest BCUT2D eigenvalue weighted by atomic mass is 10.5. The van der Waals surface area contributed by atoms with E-state index in [4.69, 9.17) is 9.68 Å². The topological polar surface area (TPSA) is 24.9 Å². The van der Waals surface area contributed by atoms with E-state index in [0.29, 0.717) is 0 Å². The molecule has 2 aliphatic heterocycles. The average Bonchev–Trinajstić information content (AvgIpc) is 2.29. The average molecular weight is 192 g/mol. The van der Waals surface area contributed by atoms with Crippen LogP contribution in [0.25, 0.3) is 0 Å². The molecule has 2 rings (SSSR count). The van der Waals surface area contributed by atoms with Gasteiger partial charge in [-0.1, -0.05) is 0 Å². The molecule has 0 unspecified atom stereocenters. The van der Waals surface area contributed by atoms with Crippen LogP contribution in [0.1, 0.15) is 0 Å². The highest BCUT2D eigenvalue weighted by atomic mass is 16.7.